The van der Waals surface area contributed by atoms with Crippen molar-refractivity contribution >= 4 is 5.91 Å². The number of aromatic nitrogens is 3. The van der Waals surface area contributed by atoms with Crippen LogP contribution in [0.5, 0.6) is 5.75 Å². The normalized spacial score (nSPS) is 33.4. The van der Waals surface area contributed by atoms with Crippen LogP contribution in [0.4, 0.5) is 0 Å². The van der Waals surface area contributed by atoms with E-state index in [4.69, 9.17) is 4.74 Å². The van der Waals surface area contributed by atoms with Gasteiger partial charge in [0, 0.05) is 5.54 Å². The molecule has 2 N–H and O–H groups in total. The van der Waals surface area contributed by atoms with Crippen molar-refractivity contribution in [1.82, 2.24) is 20.1 Å². The molecule has 29 heavy (non-hydrogen) atoms. The summed E-state index contributed by atoms with van der Waals surface area (Å²) in [7, 11) is 0. The van der Waals surface area contributed by atoms with E-state index in [0.717, 1.165) is 37.7 Å². The molecule has 1 amide bonds. The van der Waals surface area contributed by atoms with Gasteiger partial charge in [-0.25, -0.2) is 9.67 Å². The highest BCUT2D eigenvalue weighted by Gasteiger charge is 2.59. The number of carbonyl (C=O) groups is 1. The zero-order chi connectivity index (χ0) is 20.1. The minimum atomic E-state index is -1.19. The minimum Gasteiger partial charge on any atom is -0.490 e. The van der Waals surface area contributed by atoms with Gasteiger partial charge in [0.15, 0.2) is 6.10 Å². The van der Waals surface area contributed by atoms with Gasteiger partial charge < -0.3 is 15.2 Å². The van der Waals surface area contributed by atoms with E-state index in [2.05, 4.69) is 15.4 Å². The van der Waals surface area contributed by atoms with Crippen LogP contribution >= 0.6 is 0 Å². The maximum Gasteiger partial charge on any atom is 0.252 e. The van der Waals surface area contributed by atoms with Crippen LogP contribution in [-0.4, -0.2) is 44.0 Å². The van der Waals surface area contributed by atoms with Gasteiger partial charge in [-0.05, 0) is 68.9 Å². The molecule has 6 rings (SSSR count). The molecule has 7 nitrogen and oxygen atoms in total. The SMILES string of the molecule is Cc1ccccc1OCC(O)C(=O)NC12CC3CC(C1)CC(n1cncn1)(C3)C2. The first kappa shape index (κ1) is 18.6. The molecule has 2 aromatic rings. The molecule has 4 saturated carbocycles. The van der Waals surface area contributed by atoms with E-state index in [9.17, 15) is 9.90 Å². The highest BCUT2D eigenvalue weighted by molar-refractivity contribution is 5.81. The summed E-state index contributed by atoms with van der Waals surface area (Å²) in [5.41, 5.74) is 0.656. The van der Waals surface area contributed by atoms with Gasteiger partial charge in [0.1, 0.15) is 25.0 Å². The Bertz CT molecular complexity index is 883. The fraction of sp³-hybridized carbons (Fsp3) is 0.591. The number of aliphatic hydroxyl groups excluding tert-OH is 1. The van der Waals surface area contributed by atoms with Crippen LogP contribution in [-0.2, 0) is 10.3 Å². The number of aliphatic hydroxyl groups is 1. The van der Waals surface area contributed by atoms with Gasteiger partial charge in [0.25, 0.3) is 5.91 Å². The summed E-state index contributed by atoms with van der Waals surface area (Å²) < 4.78 is 7.70. The number of rotatable bonds is 6. The van der Waals surface area contributed by atoms with E-state index in [1.165, 1.54) is 6.42 Å². The molecule has 0 aliphatic heterocycles. The van der Waals surface area contributed by atoms with Crippen LogP contribution in [0.15, 0.2) is 36.9 Å². The van der Waals surface area contributed by atoms with Gasteiger partial charge in [-0.3, -0.25) is 4.79 Å². The summed E-state index contributed by atoms with van der Waals surface area (Å²) in [5, 5.41) is 18.1. The maximum atomic E-state index is 12.8. The number of ether oxygens (including phenoxy) is 1. The lowest BCUT2D eigenvalue weighted by molar-refractivity contribution is -0.139. The fourth-order valence-corrected chi connectivity index (χ4v) is 6.39. The lowest BCUT2D eigenvalue weighted by atomic mass is 9.50. The molecule has 3 atom stereocenters. The number of carbonyl (C=O) groups excluding carboxylic acids is 1. The number of benzene rings is 1. The van der Waals surface area contributed by atoms with Crippen LogP contribution in [0.3, 0.4) is 0 Å². The van der Waals surface area contributed by atoms with Crippen LogP contribution in [0.2, 0.25) is 0 Å². The Labute approximate surface area is 170 Å². The van der Waals surface area contributed by atoms with Crippen LogP contribution in [0, 0.1) is 18.8 Å². The lowest BCUT2D eigenvalue weighted by Gasteiger charge is -2.61. The zero-order valence-electron chi connectivity index (χ0n) is 16.8. The zero-order valence-corrected chi connectivity index (χ0v) is 16.8. The van der Waals surface area contributed by atoms with E-state index in [0.29, 0.717) is 17.6 Å². The molecule has 7 heteroatoms. The molecular formula is C22H28N4O3. The standard InChI is InChI=1S/C22H28N4O3/c1-15-4-2-3-5-19(15)29-11-18(27)20(28)25-21-7-16-6-17(8-21)10-22(9-16,12-21)26-14-23-13-24-26/h2-5,13-14,16-18,27H,6-12H2,1H3,(H,25,28). The lowest BCUT2D eigenvalue weighted by Crippen LogP contribution is -2.67. The Balaban J connectivity index is 1.28. The Morgan fingerprint density at radius 3 is 2.76 bits per heavy atom. The molecule has 4 fully saturated rings. The first-order valence-electron chi connectivity index (χ1n) is 10.5. The summed E-state index contributed by atoms with van der Waals surface area (Å²) in [6.45, 7) is 1.90. The molecule has 4 aliphatic rings. The molecule has 0 saturated heterocycles. The van der Waals surface area contributed by atoms with E-state index in [1.54, 1.807) is 6.33 Å². The third-order valence-electron chi connectivity index (χ3n) is 7.12. The molecule has 4 aliphatic carbocycles. The Kier molecular flexibility index (Phi) is 4.38. The summed E-state index contributed by atoms with van der Waals surface area (Å²) >= 11 is 0. The van der Waals surface area contributed by atoms with Gasteiger partial charge in [0.05, 0.1) is 5.54 Å². The quantitative estimate of drug-likeness (QED) is 0.781. The summed E-state index contributed by atoms with van der Waals surface area (Å²) in [6.07, 6.45) is 8.47. The molecular weight excluding hydrogens is 368 g/mol. The number of amides is 1. The molecule has 1 heterocycles. The highest BCUT2D eigenvalue weighted by Crippen LogP contribution is 2.60. The number of nitrogens with one attached hydrogen (secondary N) is 1. The van der Waals surface area contributed by atoms with Crippen molar-refractivity contribution < 1.29 is 14.6 Å². The minimum absolute atomic E-state index is 0.0478. The van der Waals surface area contributed by atoms with Crippen molar-refractivity contribution in [3.05, 3.63) is 42.5 Å². The summed E-state index contributed by atoms with van der Waals surface area (Å²) in [6, 6.07) is 7.61. The molecule has 154 valence electrons. The van der Waals surface area contributed by atoms with Gasteiger partial charge in [-0.15, -0.1) is 0 Å². The van der Waals surface area contributed by atoms with Gasteiger partial charge >= 0.3 is 0 Å². The van der Waals surface area contributed by atoms with Crippen molar-refractivity contribution in [1.29, 1.82) is 0 Å². The molecule has 1 aromatic carbocycles. The molecule has 0 spiro atoms. The Morgan fingerprint density at radius 2 is 2.07 bits per heavy atom. The largest absolute Gasteiger partial charge is 0.490 e. The molecule has 3 unspecified atom stereocenters. The second-order valence-corrected chi connectivity index (χ2v) is 9.39. The van der Waals surface area contributed by atoms with E-state index in [1.807, 2.05) is 42.2 Å². The molecule has 4 bridgehead atoms. The number of aryl methyl sites for hydroxylation is 1. The molecule has 0 radical (unpaired) electrons. The average Bonchev–Trinajstić information content (AvgIpc) is 3.21. The number of para-hydroxylation sites is 1. The summed E-state index contributed by atoms with van der Waals surface area (Å²) in [5.74, 6) is 1.52. The number of nitrogens with zero attached hydrogens (tertiary/aromatic N) is 3. The second-order valence-electron chi connectivity index (χ2n) is 9.39. The predicted molar refractivity (Wildman–Crippen MR) is 106 cm³/mol. The van der Waals surface area contributed by atoms with E-state index < -0.39 is 6.10 Å². The van der Waals surface area contributed by atoms with Crippen molar-refractivity contribution in [2.75, 3.05) is 6.61 Å². The van der Waals surface area contributed by atoms with E-state index >= 15 is 0 Å². The first-order valence-corrected chi connectivity index (χ1v) is 10.5. The van der Waals surface area contributed by atoms with Crippen molar-refractivity contribution in [2.24, 2.45) is 11.8 Å². The third kappa shape index (κ3) is 3.31. The molecule has 1 aromatic heterocycles. The average molecular weight is 396 g/mol. The van der Waals surface area contributed by atoms with Crippen LogP contribution < -0.4 is 10.1 Å². The number of hydrogen-bond donors (Lipinski definition) is 2. The summed E-state index contributed by atoms with van der Waals surface area (Å²) in [4.78, 5) is 17.0. The Hall–Kier alpha value is -2.41. The second kappa shape index (κ2) is 6.83. The Morgan fingerprint density at radius 1 is 1.31 bits per heavy atom. The van der Waals surface area contributed by atoms with Gasteiger partial charge in [-0.2, -0.15) is 5.10 Å². The van der Waals surface area contributed by atoms with Crippen LogP contribution in [0.1, 0.15) is 44.1 Å². The first-order chi connectivity index (χ1) is 14.0. The van der Waals surface area contributed by atoms with Crippen molar-refractivity contribution in [3.8, 4) is 5.75 Å². The van der Waals surface area contributed by atoms with E-state index in [-0.39, 0.29) is 23.6 Å². The predicted octanol–water partition coefficient (Wildman–Crippen LogP) is 2.19. The third-order valence-corrected chi connectivity index (χ3v) is 7.12. The monoisotopic (exact) mass is 396 g/mol. The van der Waals surface area contributed by atoms with Gasteiger partial charge in [0.2, 0.25) is 0 Å². The van der Waals surface area contributed by atoms with Crippen molar-refractivity contribution in [3.63, 3.8) is 0 Å². The smallest absolute Gasteiger partial charge is 0.252 e. The van der Waals surface area contributed by atoms with Crippen molar-refractivity contribution in [2.45, 2.75) is 62.6 Å². The highest BCUT2D eigenvalue weighted by atomic mass is 16.5. The van der Waals surface area contributed by atoms with Crippen LogP contribution in [0.25, 0.3) is 0 Å². The number of hydrogen-bond acceptors (Lipinski definition) is 5. The maximum absolute atomic E-state index is 12.8. The topological polar surface area (TPSA) is 89.3 Å². The fourth-order valence-electron chi connectivity index (χ4n) is 6.39. The van der Waals surface area contributed by atoms with Gasteiger partial charge in [-0.1, -0.05) is 18.2 Å².